The number of aromatic hydroxyl groups is 1. The van der Waals surface area contributed by atoms with Gasteiger partial charge >= 0.3 is 0 Å². The van der Waals surface area contributed by atoms with Gasteiger partial charge in [-0.2, -0.15) is 0 Å². The van der Waals surface area contributed by atoms with E-state index in [2.05, 4.69) is 46.8 Å². The van der Waals surface area contributed by atoms with Crippen LogP contribution in [0.15, 0.2) is 12.1 Å². The zero-order chi connectivity index (χ0) is 15.9. The van der Waals surface area contributed by atoms with Crippen molar-refractivity contribution in [1.29, 1.82) is 0 Å². The van der Waals surface area contributed by atoms with Crippen molar-refractivity contribution in [2.24, 2.45) is 0 Å². The van der Waals surface area contributed by atoms with E-state index in [-0.39, 0.29) is 5.41 Å². The number of benzene rings is 1. The van der Waals surface area contributed by atoms with E-state index in [1.807, 2.05) is 0 Å². The molecule has 0 saturated heterocycles. The number of unbranched alkanes of at least 4 members (excludes halogenated alkanes) is 4. The molecule has 1 nitrogen and oxygen atoms in total. The van der Waals surface area contributed by atoms with Gasteiger partial charge in [-0.25, -0.2) is 0 Å². The summed E-state index contributed by atoms with van der Waals surface area (Å²) < 4.78 is 0. The fourth-order valence-corrected chi connectivity index (χ4v) is 2.96. The van der Waals surface area contributed by atoms with Crippen molar-refractivity contribution >= 4 is 0 Å². The minimum atomic E-state index is 0.0982. The van der Waals surface area contributed by atoms with Crippen molar-refractivity contribution in [2.75, 3.05) is 0 Å². The molecular formula is C20H34O. The lowest BCUT2D eigenvalue weighted by Crippen LogP contribution is -2.15. The van der Waals surface area contributed by atoms with Crippen molar-refractivity contribution in [2.45, 2.75) is 91.4 Å². The number of phenolic OH excluding ortho intramolecular Hbond substituents is 1. The minimum absolute atomic E-state index is 0.0982. The Kier molecular flexibility index (Phi) is 7.28. The largest absolute Gasteiger partial charge is 0.507 e. The molecule has 1 rings (SSSR count). The van der Waals surface area contributed by atoms with Gasteiger partial charge < -0.3 is 5.11 Å². The van der Waals surface area contributed by atoms with E-state index in [1.54, 1.807) is 0 Å². The lowest BCUT2D eigenvalue weighted by atomic mass is 9.81. The topological polar surface area (TPSA) is 20.2 Å². The van der Waals surface area contributed by atoms with E-state index < -0.39 is 0 Å². The molecule has 120 valence electrons. The Morgan fingerprint density at radius 3 is 1.95 bits per heavy atom. The number of hydrogen-bond donors (Lipinski definition) is 1. The van der Waals surface area contributed by atoms with Crippen LogP contribution in [0.4, 0.5) is 0 Å². The summed E-state index contributed by atoms with van der Waals surface area (Å²) in [5.41, 5.74) is 3.75. The van der Waals surface area contributed by atoms with Gasteiger partial charge in [0.15, 0.2) is 0 Å². The van der Waals surface area contributed by atoms with Crippen LogP contribution in [0, 0.1) is 0 Å². The third-order valence-corrected chi connectivity index (χ3v) is 4.25. The summed E-state index contributed by atoms with van der Waals surface area (Å²) in [4.78, 5) is 0. The van der Waals surface area contributed by atoms with Gasteiger partial charge in [-0.15, -0.1) is 0 Å². The number of rotatable bonds is 8. The van der Waals surface area contributed by atoms with E-state index >= 15 is 0 Å². The Balaban J connectivity index is 3.02. The maximum atomic E-state index is 10.7. The molecule has 1 N–H and O–H groups in total. The maximum absolute atomic E-state index is 10.7. The molecule has 0 atom stereocenters. The van der Waals surface area contributed by atoms with Gasteiger partial charge in [0, 0.05) is 0 Å². The summed E-state index contributed by atoms with van der Waals surface area (Å²) >= 11 is 0. The molecule has 0 spiro atoms. The van der Waals surface area contributed by atoms with Gasteiger partial charge in [0.2, 0.25) is 0 Å². The first-order valence-electron chi connectivity index (χ1n) is 8.76. The van der Waals surface area contributed by atoms with Crippen LogP contribution < -0.4 is 0 Å². The normalized spacial score (nSPS) is 11.9. The van der Waals surface area contributed by atoms with Crippen molar-refractivity contribution < 1.29 is 5.11 Å². The second-order valence-electron chi connectivity index (χ2n) is 7.26. The monoisotopic (exact) mass is 290 g/mol. The summed E-state index contributed by atoms with van der Waals surface area (Å²) in [5, 5.41) is 10.7. The van der Waals surface area contributed by atoms with Crippen LogP contribution >= 0.6 is 0 Å². The van der Waals surface area contributed by atoms with Crippen molar-refractivity contribution in [3.8, 4) is 5.75 Å². The van der Waals surface area contributed by atoms with Crippen LogP contribution in [-0.2, 0) is 18.3 Å². The van der Waals surface area contributed by atoms with E-state index in [0.29, 0.717) is 5.75 Å². The van der Waals surface area contributed by atoms with Gasteiger partial charge in [-0.1, -0.05) is 72.4 Å². The Bertz CT molecular complexity index is 426. The van der Waals surface area contributed by atoms with Crippen molar-refractivity contribution in [3.63, 3.8) is 0 Å². The first kappa shape index (κ1) is 18.1. The Labute approximate surface area is 131 Å². The van der Waals surface area contributed by atoms with Crippen LogP contribution in [0.3, 0.4) is 0 Å². The summed E-state index contributed by atoms with van der Waals surface area (Å²) in [6, 6.07) is 4.40. The van der Waals surface area contributed by atoms with Gasteiger partial charge in [0.1, 0.15) is 5.75 Å². The molecule has 1 heteroatoms. The van der Waals surface area contributed by atoms with Gasteiger partial charge in [-0.05, 0) is 47.8 Å². The zero-order valence-corrected chi connectivity index (χ0v) is 14.8. The molecule has 21 heavy (non-hydrogen) atoms. The van der Waals surface area contributed by atoms with E-state index in [0.717, 1.165) is 18.4 Å². The zero-order valence-electron chi connectivity index (χ0n) is 14.8. The first-order chi connectivity index (χ1) is 9.91. The highest BCUT2D eigenvalue weighted by atomic mass is 16.3. The van der Waals surface area contributed by atoms with Crippen LogP contribution in [0.25, 0.3) is 0 Å². The Morgan fingerprint density at radius 2 is 1.43 bits per heavy atom. The van der Waals surface area contributed by atoms with Gasteiger partial charge in [0.25, 0.3) is 0 Å². The average Bonchev–Trinajstić information content (AvgIpc) is 2.41. The predicted octanol–water partition coefficient (Wildman–Crippen LogP) is 6.16. The van der Waals surface area contributed by atoms with Crippen molar-refractivity contribution in [3.05, 3.63) is 28.8 Å². The number of aryl methyl sites for hydroxylation is 1. The highest BCUT2D eigenvalue weighted by molar-refractivity contribution is 5.48. The fraction of sp³-hybridized carbons (Fsp3) is 0.700. The number of hydrogen-bond acceptors (Lipinski definition) is 1. The minimum Gasteiger partial charge on any atom is -0.507 e. The lowest BCUT2D eigenvalue weighted by Gasteiger charge is -2.25. The van der Waals surface area contributed by atoms with E-state index in [4.69, 9.17) is 0 Å². The van der Waals surface area contributed by atoms with Crippen LogP contribution in [0.2, 0.25) is 0 Å². The summed E-state index contributed by atoms with van der Waals surface area (Å²) in [6.07, 6.45) is 9.29. The molecule has 0 fully saturated rings. The maximum Gasteiger partial charge on any atom is 0.122 e. The van der Waals surface area contributed by atoms with Crippen LogP contribution in [0.5, 0.6) is 5.75 Å². The van der Waals surface area contributed by atoms with Gasteiger partial charge in [0.05, 0.1) is 0 Å². The molecule has 0 saturated carbocycles. The Hall–Kier alpha value is -0.980. The van der Waals surface area contributed by atoms with E-state index in [9.17, 15) is 5.11 Å². The molecular weight excluding hydrogens is 256 g/mol. The number of phenols is 1. The van der Waals surface area contributed by atoms with Gasteiger partial charge in [-0.3, -0.25) is 0 Å². The fourth-order valence-electron chi connectivity index (χ4n) is 2.96. The molecule has 1 aromatic carbocycles. The summed E-state index contributed by atoms with van der Waals surface area (Å²) in [7, 11) is 0. The van der Waals surface area contributed by atoms with Crippen LogP contribution in [-0.4, -0.2) is 5.11 Å². The molecule has 0 heterocycles. The average molecular weight is 290 g/mol. The Morgan fingerprint density at radius 1 is 0.857 bits per heavy atom. The smallest absolute Gasteiger partial charge is 0.122 e. The third kappa shape index (κ3) is 5.37. The van der Waals surface area contributed by atoms with Crippen molar-refractivity contribution in [1.82, 2.24) is 0 Å². The first-order valence-corrected chi connectivity index (χ1v) is 8.76. The second-order valence-corrected chi connectivity index (χ2v) is 7.26. The molecule has 0 aromatic heterocycles. The quantitative estimate of drug-likeness (QED) is 0.569. The molecule has 0 aliphatic carbocycles. The molecule has 0 unspecified atom stereocenters. The molecule has 0 radical (unpaired) electrons. The summed E-state index contributed by atoms with van der Waals surface area (Å²) in [6.45, 7) is 11.2. The standard InChI is InChI=1S/C20H34O/c1-6-8-10-12-16-14-15-18(20(3,4)5)17(19(16)21)13-11-9-7-2/h14-15,21H,6-13H2,1-5H3. The third-order valence-electron chi connectivity index (χ3n) is 4.25. The predicted molar refractivity (Wildman–Crippen MR) is 93.3 cm³/mol. The highest BCUT2D eigenvalue weighted by Crippen LogP contribution is 2.35. The molecule has 0 aliphatic heterocycles. The molecule has 0 bridgehead atoms. The molecule has 0 amide bonds. The SMILES string of the molecule is CCCCCc1ccc(C(C)(C)C)c(CCCCC)c1O. The highest BCUT2D eigenvalue weighted by Gasteiger charge is 2.21. The molecule has 0 aliphatic rings. The molecule has 1 aromatic rings. The lowest BCUT2D eigenvalue weighted by molar-refractivity contribution is 0.451. The summed E-state index contributed by atoms with van der Waals surface area (Å²) in [5.74, 6) is 0.578. The van der Waals surface area contributed by atoms with Crippen LogP contribution in [0.1, 0.15) is 89.8 Å². The van der Waals surface area contributed by atoms with E-state index in [1.165, 1.54) is 49.7 Å². The second kappa shape index (κ2) is 8.46.